The van der Waals surface area contributed by atoms with Gasteiger partial charge in [-0.1, -0.05) is 0 Å². The van der Waals surface area contributed by atoms with Crippen LogP contribution in [0.1, 0.15) is 33.5 Å². The molecule has 0 bridgehead atoms. The second kappa shape index (κ2) is 5.04. The summed E-state index contributed by atoms with van der Waals surface area (Å²) in [6.07, 6.45) is -1.23. The van der Waals surface area contributed by atoms with Crippen molar-refractivity contribution < 1.29 is 36.6 Å². The number of Topliss-reactive ketones (excluding diaryl/α,β-unsaturated/α-hetero) is 1. The Kier molecular flexibility index (Phi) is 3.26. The molecule has 2 aromatic carbocycles. The number of ketones is 1. The highest BCUT2D eigenvalue weighted by molar-refractivity contribution is 6.05. The van der Waals surface area contributed by atoms with Crippen molar-refractivity contribution in [3.63, 3.8) is 0 Å². The first-order chi connectivity index (χ1) is 12.5. The minimum atomic E-state index is -4.88. The molecule has 2 aromatic rings. The van der Waals surface area contributed by atoms with E-state index in [1.165, 1.54) is 0 Å². The SMILES string of the molecule is N#Cc1cc(F)cc(Oc2ccc3c4c2C(=O)C[C@]4(O)C(F)(F)C3(F)F)c1. The van der Waals surface area contributed by atoms with Gasteiger partial charge in [0.1, 0.15) is 17.3 Å². The third-order valence-electron chi connectivity index (χ3n) is 4.76. The summed E-state index contributed by atoms with van der Waals surface area (Å²) in [4.78, 5) is 12.2. The van der Waals surface area contributed by atoms with E-state index in [0.717, 1.165) is 24.3 Å². The summed E-state index contributed by atoms with van der Waals surface area (Å²) >= 11 is 0. The van der Waals surface area contributed by atoms with Crippen molar-refractivity contribution in [2.45, 2.75) is 23.9 Å². The third-order valence-corrected chi connectivity index (χ3v) is 4.76. The van der Waals surface area contributed by atoms with Crippen molar-refractivity contribution in [3.8, 4) is 17.6 Å². The molecule has 4 nitrogen and oxygen atoms in total. The number of carbonyl (C=O) groups excluding carboxylic acids is 1. The molecule has 0 saturated heterocycles. The summed E-state index contributed by atoms with van der Waals surface area (Å²) in [5, 5.41) is 19.1. The van der Waals surface area contributed by atoms with Crippen molar-refractivity contribution in [3.05, 3.63) is 58.4 Å². The van der Waals surface area contributed by atoms with Gasteiger partial charge in [0.25, 0.3) is 0 Å². The van der Waals surface area contributed by atoms with E-state index < -0.39 is 57.9 Å². The maximum atomic E-state index is 14.2. The van der Waals surface area contributed by atoms with E-state index in [4.69, 9.17) is 10.00 Å². The molecule has 2 aliphatic carbocycles. The van der Waals surface area contributed by atoms with Gasteiger partial charge < -0.3 is 9.84 Å². The molecular weight excluding hydrogens is 373 g/mol. The molecule has 9 heteroatoms. The number of nitriles is 1. The summed E-state index contributed by atoms with van der Waals surface area (Å²) in [7, 11) is 0. The number of nitrogens with zero attached hydrogens (tertiary/aromatic N) is 1. The van der Waals surface area contributed by atoms with Crippen LogP contribution in [0.15, 0.2) is 30.3 Å². The Morgan fingerprint density at radius 2 is 1.85 bits per heavy atom. The van der Waals surface area contributed by atoms with Crippen LogP contribution >= 0.6 is 0 Å². The Labute approximate surface area is 148 Å². The van der Waals surface area contributed by atoms with E-state index in [2.05, 4.69) is 0 Å². The van der Waals surface area contributed by atoms with Crippen molar-refractivity contribution in [2.24, 2.45) is 0 Å². The number of carbonyl (C=O) groups is 1. The van der Waals surface area contributed by atoms with Crippen LogP contribution in [0, 0.1) is 17.1 Å². The average Bonchev–Trinajstić information content (AvgIpc) is 2.92. The first kappa shape index (κ1) is 17.4. The number of benzene rings is 2. The number of aliphatic hydroxyl groups is 1. The second-order valence-corrected chi connectivity index (χ2v) is 6.36. The monoisotopic (exact) mass is 381 g/mol. The lowest BCUT2D eigenvalue weighted by Gasteiger charge is -2.29. The molecule has 27 heavy (non-hydrogen) atoms. The van der Waals surface area contributed by atoms with Crippen LogP contribution in [-0.4, -0.2) is 16.8 Å². The lowest BCUT2D eigenvalue weighted by molar-refractivity contribution is -0.283. The van der Waals surface area contributed by atoms with E-state index in [1.54, 1.807) is 6.07 Å². The summed E-state index contributed by atoms with van der Waals surface area (Å²) in [6.45, 7) is 0. The lowest BCUT2D eigenvalue weighted by Crippen LogP contribution is -2.48. The van der Waals surface area contributed by atoms with E-state index in [1.807, 2.05) is 0 Å². The molecular formula is C18H8F5NO3. The fourth-order valence-electron chi connectivity index (χ4n) is 3.56. The quantitative estimate of drug-likeness (QED) is 0.799. The largest absolute Gasteiger partial charge is 0.456 e. The van der Waals surface area contributed by atoms with Gasteiger partial charge in [-0.3, -0.25) is 4.79 Å². The summed E-state index contributed by atoms with van der Waals surface area (Å²) < 4.78 is 75.5. The van der Waals surface area contributed by atoms with Gasteiger partial charge >= 0.3 is 11.8 Å². The number of rotatable bonds is 2. The molecule has 0 amide bonds. The first-order valence-electron chi connectivity index (χ1n) is 7.60. The third kappa shape index (κ3) is 2.01. The standard InChI is InChI=1S/C18H8F5NO3/c19-9-3-8(7-24)4-10(5-9)27-13-2-1-11-15-14(13)12(25)6-16(15,26)18(22,23)17(11,20)21/h1-5,26H,6H2/t16-/m1/s1. The molecule has 1 atom stereocenters. The Morgan fingerprint density at radius 1 is 1.15 bits per heavy atom. The molecule has 2 aliphatic rings. The van der Waals surface area contributed by atoms with Crippen LogP contribution < -0.4 is 4.74 Å². The van der Waals surface area contributed by atoms with Gasteiger partial charge in [0, 0.05) is 17.2 Å². The predicted octanol–water partition coefficient (Wildman–Crippen LogP) is 4.00. The molecule has 0 aliphatic heterocycles. The van der Waals surface area contributed by atoms with Crippen molar-refractivity contribution >= 4 is 5.78 Å². The van der Waals surface area contributed by atoms with Crippen LogP contribution in [0.4, 0.5) is 22.0 Å². The van der Waals surface area contributed by atoms with Crippen LogP contribution in [0.2, 0.25) is 0 Å². The molecule has 0 spiro atoms. The van der Waals surface area contributed by atoms with E-state index in [-0.39, 0.29) is 11.3 Å². The smallest absolute Gasteiger partial charge is 0.347 e. The van der Waals surface area contributed by atoms with Crippen LogP contribution in [-0.2, 0) is 11.5 Å². The summed E-state index contributed by atoms with van der Waals surface area (Å²) in [6, 6.07) is 6.11. The highest BCUT2D eigenvalue weighted by Gasteiger charge is 2.79. The molecule has 0 fully saturated rings. The van der Waals surface area contributed by atoms with E-state index in [0.29, 0.717) is 6.07 Å². The Morgan fingerprint density at radius 3 is 2.52 bits per heavy atom. The van der Waals surface area contributed by atoms with E-state index in [9.17, 15) is 31.9 Å². The molecule has 1 N–H and O–H groups in total. The van der Waals surface area contributed by atoms with Crippen molar-refractivity contribution in [2.75, 3.05) is 0 Å². The Balaban J connectivity index is 1.90. The number of hydrogen-bond acceptors (Lipinski definition) is 4. The zero-order valence-electron chi connectivity index (χ0n) is 13.2. The van der Waals surface area contributed by atoms with Crippen LogP contribution in [0.5, 0.6) is 11.5 Å². The normalized spacial score (nSPS) is 23.8. The zero-order valence-corrected chi connectivity index (χ0v) is 13.2. The Hall–Kier alpha value is -2.99. The van der Waals surface area contributed by atoms with Gasteiger partial charge in [-0.15, -0.1) is 0 Å². The fourth-order valence-corrected chi connectivity index (χ4v) is 3.56. The molecule has 0 heterocycles. The number of ether oxygens (including phenoxy) is 1. The van der Waals surface area contributed by atoms with Gasteiger partial charge in [-0.05, 0) is 24.3 Å². The zero-order chi connectivity index (χ0) is 19.8. The van der Waals surface area contributed by atoms with Gasteiger partial charge in [-0.2, -0.15) is 22.8 Å². The number of hydrogen-bond donors (Lipinski definition) is 1. The highest BCUT2D eigenvalue weighted by Crippen LogP contribution is 2.65. The van der Waals surface area contributed by atoms with Crippen molar-refractivity contribution in [1.82, 2.24) is 0 Å². The van der Waals surface area contributed by atoms with E-state index >= 15 is 0 Å². The maximum Gasteiger partial charge on any atom is 0.347 e. The van der Waals surface area contributed by atoms with Gasteiger partial charge in [0.15, 0.2) is 11.4 Å². The van der Waals surface area contributed by atoms with Crippen LogP contribution in [0.3, 0.4) is 0 Å². The van der Waals surface area contributed by atoms with Crippen LogP contribution in [0.25, 0.3) is 0 Å². The summed E-state index contributed by atoms with van der Waals surface area (Å²) in [5.74, 6) is -12.0. The number of halogens is 5. The lowest BCUT2D eigenvalue weighted by atomic mass is 9.95. The average molecular weight is 381 g/mol. The van der Waals surface area contributed by atoms with Gasteiger partial charge in [0.05, 0.1) is 23.6 Å². The molecule has 0 saturated carbocycles. The maximum absolute atomic E-state index is 14.2. The minimum Gasteiger partial charge on any atom is -0.456 e. The molecule has 0 aromatic heterocycles. The number of alkyl halides is 4. The van der Waals surface area contributed by atoms with Gasteiger partial charge in [0.2, 0.25) is 0 Å². The Bertz CT molecular complexity index is 1060. The predicted molar refractivity (Wildman–Crippen MR) is 79.3 cm³/mol. The first-order valence-corrected chi connectivity index (χ1v) is 7.60. The molecule has 138 valence electrons. The molecule has 4 rings (SSSR count). The second-order valence-electron chi connectivity index (χ2n) is 6.36. The topological polar surface area (TPSA) is 70.3 Å². The highest BCUT2D eigenvalue weighted by atomic mass is 19.3. The van der Waals surface area contributed by atoms with Gasteiger partial charge in [-0.25, -0.2) is 4.39 Å². The minimum absolute atomic E-state index is 0.108. The van der Waals surface area contributed by atoms with Crippen molar-refractivity contribution in [1.29, 1.82) is 5.26 Å². The molecule has 0 unspecified atom stereocenters. The molecule has 0 radical (unpaired) electrons. The fraction of sp³-hybridized carbons (Fsp3) is 0.222. The summed E-state index contributed by atoms with van der Waals surface area (Å²) in [5.41, 5.74) is -6.09.